The first kappa shape index (κ1) is 15.9. The minimum atomic E-state index is -1.00. The summed E-state index contributed by atoms with van der Waals surface area (Å²) < 4.78 is 27.1. The summed E-state index contributed by atoms with van der Waals surface area (Å²) in [5.74, 6) is -2.46. The van der Waals surface area contributed by atoms with Gasteiger partial charge in [-0.05, 0) is 24.1 Å². The highest BCUT2D eigenvalue weighted by molar-refractivity contribution is 6.06. The van der Waals surface area contributed by atoms with Crippen LogP contribution in [0, 0.1) is 11.6 Å². The Balaban J connectivity index is 2.05. The number of anilines is 1. The van der Waals surface area contributed by atoms with Crippen LogP contribution in [0.4, 0.5) is 14.5 Å². The Labute approximate surface area is 136 Å². The molecule has 2 N–H and O–H groups in total. The van der Waals surface area contributed by atoms with Gasteiger partial charge in [0.15, 0.2) is 0 Å². The van der Waals surface area contributed by atoms with Crippen molar-refractivity contribution >= 4 is 22.5 Å². The van der Waals surface area contributed by atoms with E-state index >= 15 is 0 Å². The summed E-state index contributed by atoms with van der Waals surface area (Å²) >= 11 is 0. The Kier molecular flexibility index (Phi) is 4.12. The van der Waals surface area contributed by atoms with Gasteiger partial charge in [0.05, 0.1) is 10.9 Å². The van der Waals surface area contributed by atoms with Crippen LogP contribution in [0.1, 0.15) is 22.8 Å². The van der Waals surface area contributed by atoms with Gasteiger partial charge in [-0.1, -0.05) is 25.1 Å². The molecule has 0 atom stereocenters. The molecule has 0 saturated carbocycles. The Morgan fingerprint density at radius 2 is 1.96 bits per heavy atom. The molecule has 0 spiro atoms. The lowest BCUT2D eigenvalue weighted by Gasteiger charge is -2.10. The second-order valence-corrected chi connectivity index (χ2v) is 5.31. The minimum Gasteiger partial charge on any atom is -0.360 e. The highest BCUT2D eigenvalue weighted by atomic mass is 19.1. The summed E-state index contributed by atoms with van der Waals surface area (Å²) in [6.07, 6.45) is 1.87. The molecule has 1 amide bonds. The third-order valence-corrected chi connectivity index (χ3v) is 3.79. The van der Waals surface area contributed by atoms with E-state index in [1.54, 1.807) is 12.1 Å². The highest BCUT2D eigenvalue weighted by Crippen LogP contribution is 2.18. The van der Waals surface area contributed by atoms with Crippen molar-refractivity contribution in [2.24, 2.45) is 0 Å². The second kappa shape index (κ2) is 6.23. The number of fused-ring (bicyclic) bond motifs is 1. The van der Waals surface area contributed by atoms with E-state index < -0.39 is 23.0 Å². The molecular weight excluding hydrogens is 314 g/mol. The number of rotatable bonds is 3. The van der Waals surface area contributed by atoms with Gasteiger partial charge in [0.1, 0.15) is 17.2 Å². The molecule has 0 aliphatic heterocycles. The van der Waals surface area contributed by atoms with Gasteiger partial charge in [-0.25, -0.2) is 8.78 Å². The Bertz CT molecular complexity index is 996. The maximum Gasteiger partial charge on any atom is 0.261 e. The SMILES string of the molecule is CCc1ccccc1NC(=O)c1c[nH]c2cc(F)cc(F)c2c1=O. The first-order valence-electron chi connectivity index (χ1n) is 7.41. The number of amides is 1. The van der Waals surface area contributed by atoms with Crippen molar-refractivity contribution in [2.75, 3.05) is 5.32 Å². The lowest BCUT2D eigenvalue weighted by atomic mass is 10.1. The van der Waals surface area contributed by atoms with Gasteiger partial charge in [0.25, 0.3) is 5.91 Å². The summed E-state index contributed by atoms with van der Waals surface area (Å²) in [6.45, 7) is 1.94. The zero-order valence-corrected chi connectivity index (χ0v) is 12.8. The smallest absolute Gasteiger partial charge is 0.261 e. The molecule has 0 aliphatic rings. The zero-order valence-electron chi connectivity index (χ0n) is 12.8. The van der Waals surface area contributed by atoms with Crippen LogP contribution < -0.4 is 10.7 Å². The van der Waals surface area contributed by atoms with Gasteiger partial charge >= 0.3 is 0 Å². The number of nitrogens with one attached hydrogen (secondary N) is 2. The van der Waals surface area contributed by atoms with Crippen LogP contribution in [0.3, 0.4) is 0 Å². The first-order valence-corrected chi connectivity index (χ1v) is 7.41. The quantitative estimate of drug-likeness (QED) is 0.771. The second-order valence-electron chi connectivity index (χ2n) is 5.31. The number of aromatic nitrogens is 1. The van der Waals surface area contributed by atoms with Crippen molar-refractivity contribution < 1.29 is 13.6 Å². The number of para-hydroxylation sites is 1. The molecule has 6 heteroatoms. The van der Waals surface area contributed by atoms with Gasteiger partial charge in [0, 0.05) is 18.0 Å². The fourth-order valence-corrected chi connectivity index (χ4v) is 2.58. The number of aryl methyl sites for hydroxylation is 1. The average Bonchev–Trinajstić information content (AvgIpc) is 2.54. The normalized spacial score (nSPS) is 10.8. The Morgan fingerprint density at radius 1 is 1.21 bits per heavy atom. The van der Waals surface area contributed by atoms with Gasteiger partial charge in [-0.3, -0.25) is 9.59 Å². The molecule has 1 heterocycles. The fraction of sp³-hybridized carbons (Fsp3) is 0.111. The molecule has 122 valence electrons. The molecule has 4 nitrogen and oxygen atoms in total. The van der Waals surface area contributed by atoms with Crippen LogP contribution >= 0.6 is 0 Å². The van der Waals surface area contributed by atoms with E-state index in [0.29, 0.717) is 18.2 Å². The topological polar surface area (TPSA) is 62.0 Å². The van der Waals surface area contributed by atoms with E-state index in [1.165, 1.54) is 0 Å². The van der Waals surface area contributed by atoms with Crippen LogP contribution in [0.15, 0.2) is 47.4 Å². The molecule has 0 unspecified atom stereocenters. The number of halogens is 2. The van der Waals surface area contributed by atoms with Crippen molar-refractivity contribution in [1.82, 2.24) is 4.98 Å². The number of aromatic amines is 1. The summed E-state index contributed by atoms with van der Waals surface area (Å²) in [5.41, 5.74) is 0.482. The Morgan fingerprint density at radius 3 is 2.71 bits per heavy atom. The molecule has 0 fully saturated rings. The largest absolute Gasteiger partial charge is 0.360 e. The lowest BCUT2D eigenvalue weighted by Crippen LogP contribution is -2.23. The predicted octanol–water partition coefficient (Wildman–Crippen LogP) is 3.62. The number of pyridine rings is 1. The van der Waals surface area contributed by atoms with Crippen LogP contribution in [-0.4, -0.2) is 10.9 Å². The van der Waals surface area contributed by atoms with Crippen molar-refractivity contribution in [3.8, 4) is 0 Å². The van der Waals surface area contributed by atoms with E-state index in [-0.39, 0.29) is 16.5 Å². The number of H-pyrrole nitrogens is 1. The number of carbonyl (C=O) groups is 1. The number of hydrogen-bond donors (Lipinski definition) is 2. The Hall–Kier alpha value is -3.02. The van der Waals surface area contributed by atoms with E-state index in [1.807, 2.05) is 19.1 Å². The lowest BCUT2D eigenvalue weighted by molar-refractivity contribution is 0.102. The molecular formula is C18H14F2N2O2. The number of carbonyl (C=O) groups excluding carboxylic acids is 1. The van der Waals surface area contributed by atoms with Gasteiger partial charge in [-0.2, -0.15) is 0 Å². The van der Waals surface area contributed by atoms with Crippen LogP contribution in [-0.2, 0) is 6.42 Å². The van der Waals surface area contributed by atoms with Crippen molar-refractivity contribution in [3.05, 3.63) is 75.6 Å². The predicted molar refractivity (Wildman–Crippen MR) is 88.3 cm³/mol. The van der Waals surface area contributed by atoms with Crippen LogP contribution in [0.2, 0.25) is 0 Å². The van der Waals surface area contributed by atoms with Crippen molar-refractivity contribution in [1.29, 1.82) is 0 Å². The van der Waals surface area contributed by atoms with E-state index in [9.17, 15) is 18.4 Å². The summed E-state index contributed by atoms with van der Waals surface area (Å²) in [7, 11) is 0. The molecule has 24 heavy (non-hydrogen) atoms. The maximum atomic E-state index is 13.9. The van der Waals surface area contributed by atoms with E-state index in [4.69, 9.17) is 0 Å². The van der Waals surface area contributed by atoms with Crippen LogP contribution in [0.25, 0.3) is 10.9 Å². The standard InChI is InChI=1S/C18H14F2N2O2/c1-2-10-5-3-4-6-14(10)22-18(24)12-9-21-15-8-11(19)7-13(20)16(15)17(12)23/h3-9H,2H2,1H3,(H,21,23)(H,22,24). The third kappa shape index (κ3) is 2.78. The molecule has 2 aromatic carbocycles. The van der Waals surface area contributed by atoms with Crippen LogP contribution in [0.5, 0.6) is 0 Å². The number of hydrogen-bond acceptors (Lipinski definition) is 2. The van der Waals surface area contributed by atoms with E-state index in [0.717, 1.165) is 17.8 Å². The van der Waals surface area contributed by atoms with Crippen molar-refractivity contribution in [3.63, 3.8) is 0 Å². The molecule has 0 bridgehead atoms. The van der Waals surface area contributed by atoms with E-state index in [2.05, 4.69) is 10.3 Å². The first-order chi connectivity index (χ1) is 11.5. The fourth-order valence-electron chi connectivity index (χ4n) is 2.58. The monoisotopic (exact) mass is 328 g/mol. The average molecular weight is 328 g/mol. The number of benzene rings is 2. The summed E-state index contributed by atoms with van der Waals surface area (Å²) in [5, 5.41) is 2.32. The van der Waals surface area contributed by atoms with Gasteiger partial charge in [0.2, 0.25) is 5.43 Å². The highest BCUT2D eigenvalue weighted by Gasteiger charge is 2.17. The summed E-state index contributed by atoms with van der Waals surface area (Å²) in [4.78, 5) is 27.4. The molecule has 0 radical (unpaired) electrons. The molecule has 3 aromatic rings. The molecule has 3 rings (SSSR count). The molecule has 1 aromatic heterocycles. The minimum absolute atomic E-state index is 0.00279. The van der Waals surface area contributed by atoms with Crippen molar-refractivity contribution in [2.45, 2.75) is 13.3 Å². The molecule has 0 saturated heterocycles. The third-order valence-electron chi connectivity index (χ3n) is 3.79. The zero-order chi connectivity index (χ0) is 17.3. The maximum absolute atomic E-state index is 13.9. The van der Waals surface area contributed by atoms with Gasteiger partial charge < -0.3 is 10.3 Å². The van der Waals surface area contributed by atoms with Gasteiger partial charge in [-0.15, -0.1) is 0 Å². The molecule has 0 aliphatic carbocycles. The summed E-state index contributed by atoms with van der Waals surface area (Å²) in [6, 6.07) is 8.83.